The van der Waals surface area contributed by atoms with Gasteiger partial charge in [0.05, 0.1) is 17.1 Å². The van der Waals surface area contributed by atoms with E-state index in [0.717, 1.165) is 5.56 Å². The lowest BCUT2D eigenvalue weighted by Gasteiger charge is -2.28. The molecule has 1 aliphatic heterocycles. The van der Waals surface area contributed by atoms with Crippen molar-refractivity contribution in [3.63, 3.8) is 0 Å². The fourth-order valence-corrected chi connectivity index (χ4v) is 4.35. The average molecular weight is 482 g/mol. The van der Waals surface area contributed by atoms with E-state index >= 15 is 0 Å². The highest BCUT2D eigenvalue weighted by Crippen LogP contribution is 2.37. The van der Waals surface area contributed by atoms with Crippen LogP contribution in [0.5, 0.6) is 0 Å². The lowest BCUT2D eigenvalue weighted by molar-refractivity contribution is -0.384. The van der Waals surface area contributed by atoms with Crippen LogP contribution in [0.25, 0.3) is 0 Å². The van der Waals surface area contributed by atoms with Crippen LogP contribution in [-0.2, 0) is 20.0 Å². The van der Waals surface area contributed by atoms with E-state index in [2.05, 4.69) is 15.4 Å². The average Bonchev–Trinajstić information content (AvgIpc) is 3.25. The van der Waals surface area contributed by atoms with E-state index < -0.39 is 16.9 Å². The number of allylic oxidation sites excluding steroid dienone is 1. The van der Waals surface area contributed by atoms with Gasteiger partial charge in [-0.2, -0.15) is 4.98 Å². The first-order valence-electron chi connectivity index (χ1n) is 10.5. The summed E-state index contributed by atoms with van der Waals surface area (Å²) in [5.74, 6) is 0.639. The zero-order valence-electron chi connectivity index (χ0n) is 18.6. The van der Waals surface area contributed by atoms with Crippen molar-refractivity contribution in [1.82, 2.24) is 14.8 Å². The molecule has 0 amide bonds. The number of benzene rings is 2. The number of aromatic nitrogens is 3. The summed E-state index contributed by atoms with van der Waals surface area (Å²) in [7, 11) is 1.52. The highest BCUT2D eigenvalue weighted by atomic mass is 32.2. The minimum Gasteiger partial charge on any atom is -0.460 e. The Bertz CT molecular complexity index is 1210. The quantitative estimate of drug-likeness (QED) is 0.159. The third-order valence-electron chi connectivity index (χ3n) is 5.20. The van der Waals surface area contributed by atoms with Gasteiger partial charge in [-0.05, 0) is 30.2 Å². The first-order chi connectivity index (χ1) is 16.5. The van der Waals surface area contributed by atoms with Gasteiger partial charge in [0.1, 0.15) is 12.6 Å². The second-order valence-electron chi connectivity index (χ2n) is 7.48. The number of anilines is 1. The molecule has 0 saturated heterocycles. The summed E-state index contributed by atoms with van der Waals surface area (Å²) in [6.07, 6.45) is 0. The van der Waals surface area contributed by atoms with Gasteiger partial charge < -0.3 is 14.8 Å². The van der Waals surface area contributed by atoms with E-state index in [1.807, 2.05) is 30.3 Å². The maximum absolute atomic E-state index is 13.0. The van der Waals surface area contributed by atoms with Gasteiger partial charge in [0.15, 0.2) is 0 Å². The second kappa shape index (κ2) is 10.5. The Hall–Kier alpha value is -3.70. The number of ether oxygens (including phenoxy) is 2. The molecular weight excluding hydrogens is 458 g/mol. The summed E-state index contributed by atoms with van der Waals surface area (Å²) >= 11 is 1.47. The van der Waals surface area contributed by atoms with Gasteiger partial charge in [-0.1, -0.05) is 42.1 Å². The zero-order chi connectivity index (χ0) is 24.1. The summed E-state index contributed by atoms with van der Waals surface area (Å²) in [6.45, 7) is 2.13. The molecule has 4 rings (SSSR count). The first kappa shape index (κ1) is 23.5. The molecule has 1 N–H and O–H groups in total. The lowest BCUT2D eigenvalue weighted by atomic mass is 9.95. The molecule has 1 unspecified atom stereocenters. The maximum atomic E-state index is 13.0. The molecule has 10 nitrogen and oxygen atoms in total. The van der Waals surface area contributed by atoms with Crippen LogP contribution in [0.15, 0.2) is 71.0 Å². The molecule has 0 fully saturated rings. The number of nitro benzene ring substituents is 1. The number of hydrogen-bond acceptors (Lipinski definition) is 9. The van der Waals surface area contributed by atoms with E-state index in [1.54, 1.807) is 23.7 Å². The summed E-state index contributed by atoms with van der Waals surface area (Å²) in [5, 5.41) is 19.5. The number of non-ortho nitro benzene ring substituents is 1. The Morgan fingerprint density at radius 1 is 1.18 bits per heavy atom. The molecule has 0 radical (unpaired) electrons. The number of esters is 1. The SMILES string of the molecule is COCCOC(=O)C1=C(C)Nc2nc(SCc3ccccc3)nn2C1c1ccc([N+](=O)[O-])cc1. The van der Waals surface area contributed by atoms with Gasteiger partial charge in [0.2, 0.25) is 11.1 Å². The van der Waals surface area contributed by atoms with Gasteiger partial charge in [0, 0.05) is 30.7 Å². The standard InChI is InChI=1S/C23H23N5O5S/c1-15-19(21(29)33-13-12-32-2)20(17-8-10-18(11-9-17)28(30)31)27-22(24-15)25-23(26-27)34-14-16-6-4-3-5-7-16/h3-11,20H,12-14H2,1-2H3,(H,24,25,26). The van der Waals surface area contributed by atoms with E-state index in [4.69, 9.17) is 9.47 Å². The van der Waals surface area contributed by atoms with Crippen LogP contribution < -0.4 is 5.32 Å². The number of carbonyl (C=O) groups excluding carboxylic acids is 1. The number of thioether (sulfide) groups is 1. The fraction of sp³-hybridized carbons (Fsp3) is 0.261. The van der Waals surface area contributed by atoms with Crippen LogP contribution in [-0.4, -0.2) is 46.0 Å². The molecule has 1 aromatic heterocycles. The number of methoxy groups -OCH3 is 1. The normalized spacial score (nSPS) is 14.9. The maximum Gasteiger partial charge on any atom is 0.338 e. The highest BCUT2D eigenvalue weighted by Gasteiger charge is 2.35. The Kier molecular flexibility index (Phi) is 7.24. The lowest BCUT2D eigenvalue weighted by Crippen LogP contribution is -2.30. The Labute approximate surface area is 200 Å². The van der Waals surface area contributed by atoms with E-state index in [-0.39, 0.29) is 18.9 Å². The summed E-state index contributed by atoms with van der Waals surface area (Å²) in [5.41, 5.74) is 2.67. The molecule has 176 valence electrons. The molecule has 1 aliphatic rings. The van der Waals surface area contributed by atoms with Crippen LogP contribution in [0.3, 0.4) is 0 Å². The third kappa shape index (κ3) is 5.10. The summed E-state index contributed by atoms with van der Waals surface area (Å²) in [6, 6.07) is 15.3. The monoisotopic (exact) mass is 481 g/mol. The first-order valence-corrected chi connectivity index (χ1v) is 11.5. The number of nitro groups is 1. The number of fused-ring (bicyclic) bond motifs is 1. The molecule has 0 saturated carbocycles. The predicted octanol–water partition coefficient (Wildman–Crippen LogP) is 3.96. The van der Waals surface area contributed by atoms with Crippen LogP contribution >= 0.6 is 11.8 Å². The largest absolute Gasteiger partial charge is 0.460 e. The van der Waals surface area contributed by atoms with Crippen molar-refractivity contribution in [2.45, 2.75) is 23.9 Å². The number of rotatable bonds is 9. The van der Waals surface area contributed by atoms with E-state index in [0.29, 0.717) is 33.7 Å². The second-order valence-corrected chi connectivity index (χ2v) is 8.42. The van der Waals surface area contributed by atoms with Gasteiger partial charge in [-0.15, -0.1) is 5.10 Å². The summed E-state index contributed by atoms with van der Waals surface area (Å²) in [4.78, 5) is 28.3. The molecule has 3 aromatic rings. The van der Waals surface area contributed by atoms with E-state index in [1.165, 1.54) is 31.0 Å². The predicted molar refractivity (Wildman–Crippen MR) is 126 cm³/mol. The zero-order valence-corrected chi connectivity index (χ0v) is 19.4. The summed E-state index contributed by atoms with van der Waals surface area (Å²) < 4.78 is 12.0. The Morgan fingerprint density at radius 2 is 1.91 bits per heavy atom. The smallest absolute Gasteiger partial charge is 0.338 e. The van der Waals surface area contributed by atoms with E-state index in [9.17, 15) is 14.9 Å². The highest BCUT2D eigenvalue weighted by molar-refractivity contribution is 7.98. The molecule has 11 heteroatoms. The number of carbonyl (C=O) groups is 1. The van der Waals surface area contributed by atoms with Gasteiger partial charge in [-0.3, -0.25) is 10.1 Å². The molecule has 0 aliphatic carbocycles. The molecule has 2 aromatic carbocycles. The Morgan fingerprint density at radius 3 is 2.59 bits per heavy atom. The van der Waals surface area contributed by atoms with Crippen LogP contribution in [0.2, 0.25) is 0 Å². The van der Waals surface area contributed by atoms with Crippen LogP contribution in [0, 0.1) is 10.1 Å². The molecule has 1 atom stereocenters. The minimum absolute atomic E-state index is 0.0412. The molecule has 0 bridgehead atoms. The number of nitrogens with zero attached hydrogens (tertiary/aromatic N) is 4. The molecule has 0 spiro atoms. The van der Waals surface area contributed by atoms with Crippen molar-refractivity contribution >= 4 is 29.4 Å². The molecular formula is C23H23N5O5S. The van der Waals surface area contributed by atoms with Crippen molar-refractivity contribution < 1.29 is 19.2 Å². The van der Waals surface area contributed by atoms with Crippen molar-refractivity contribution in [2.75, 3.05) is 25.6 Å². The van der Waals surface area contributed by atoms with Crippen molar-refractivity contribution in [2.24, 2.45) is 0 Å². The Balaban J connectivity index is 1.68. The topological polar surface area (TPSA) is 121 Å². The van der Waals surface area contributed by atoms with Crippen LogP contribution in [0.1, 0.15) is 24.1 Å². The van der Waals surface area contributed by atoms with Crippen molar-refractivity contribution in [3.05, 3.63) is 87.1 Å². The number of hydrogen-bond donors (Lipinski definition) is 1. The molecule has 2 heterocycles. The molecule has 34 heavy (non-hydrogen) atoms. The van der Waals surface area contributed by atoms with Crippen molar-refractivity contribution in [3.8, 4) is 0 Å². The fourth-order valence-electron chi connectivity index (χ4n) is 3.56. The van der Waals surface area contributed by atoms with Gasteiger partial charge >= 0.3 is 5.97 Å². The third-order valence-corrected chi connectivity index (χ3v) is 6.11. The van der Waals surface area contributed by atoms with Gasteiger partial charge in [0.25, 0.3) is 5.69 Å². The van der Waals surface area contributed by atoms with Crippen molar-refractivity contribution in [1.29, 1.82) is 0 Å². The number of nitrogens with one attached hydrogen (secondary N) is 1. The minimum atomic E-state index is -0.661. The van der Waals surface area contributed by atoms with Crippen LogP contribution in [0.4, 0.5) is 11.6 Å². The van der Waals surface area contributed by atoms with Gasteiger partial charge in [-0.25, -0.2) is 9.48 Å².